The third-order valence-corrected chi connectivity index (χ3v) is 6.68. The maximum Gasteiger partial charge on any atom is 0.416 e. The Bertz CT molecular complexity index is 1340. The van der Waals surface area contributed by atoms with E-state index in [-0.39, 0.29) is 21.8 Å². The second-order valence-corrected chi connectivity index (χ2v) is 9.04. The molecule has 0 radical (unpaired) electrons. The van der Waals surface area contributed by atoms with Gasteiger partial charge in [0.2, 0.25) is 0 Å². The second kappa shape index (κ2) is 8.52. The van der Waals surface area contributed by atoms with Crippen LogP contribution < -0.4 is 9.46 Å². The van der Waals surface area contributed by atoms with Crippen molar-refractivity contribution in [1.82, 2.24) is 0 Å². The number of aromatic carboxylic acids is 1. The Labute approximate surface area is 184 Å². The number of thiophene rings is 1. The summed E-state index contributed by atoms with van der Waals surface area (Å²) in [6.45, 7) is 0. The molecule has 12 heteroatoms. The maximum absolute atomic E-state index is 13.3. The number of nitriles is 1. The number of hydrogen-bond donors (Lipinski definition) is 2. The average Bonchev–Trinajstić information content (AvgIpc) is 3.21. The number of carboxylic acid groups (broad SMARTS) is 1. The van der Waals surface area contributed by atoms with Crippen LogP contribution in [0.25, 0.3) is 10.4 Å². The zero-order valence-corrected chi connectivity index (χ0v) is 17.7. The Morgan fingerprint density at radius 2 is 1.88 bits per heavy atom. The van der Waals surface area contributed by atoms with Crippen LogP contribution in [0.1, 0.15) is 20.8 Å². The number of rotatable bonds is 6. The van der Waals surface area contributed by atoms with E-state index >= 15 is 0 Å². The highest BCUT2D eigenvalue weighted by molar-refractivity contribution is 7.92. The number of sulfonamides is 1. The van der Waals surface area contributed by atoms with Crippen molar-refractivity contribution >= 4 is 33.0 Å². The van der Waals surface area contributed by atoms with E-state index in [4.69, 9.17) is 15.1 Å². The Hall–Kier alpha value is -3.56. The molecule has 32 heavy (non-hydrogen) atoms. The summed E-state index contributed by atoms with van der Waals surface area (Å²) in [6.07, 6.45) is -4.74. The molecule has 2 N–H and O–H groups in total. The first-order valence-electron chi connectivity index (χ1n) is 8.62. The highest BCUT2D eigenvalue weighted by atomic mass is 32.2. The Morgan fingerprint density at radius 1 is 1.16 bits per heavy atom. The number of carboxylic acids is 1. The number of nitrogens with zero attached hydrogens (tertiary/aromatic N) is 1. The summed E-state index contributed by atoms with van der Waals surface area (Å²) in [7, 11) is -3.40. The Kier molecular flexibility index (Phi) is 6.16. The topological polar surface area (TPSA) is 116 Å². The highest BCUT2D eigenvalue weighted by Crippen LogP contribution is 2.39. The largest absolute Gasteiger partial charge is 0.495 e. The van der Waals surface area contributed by atoms with Crippen molar-refractivity contribution in [2.75, 3.05) is 11.8 Å². The number of hydrogen-bond acceptors (Lipinski definition) is 6. The molecule has 3 aromatic rings. The van der Waals surface area contributed by atoms with Crippen LogP contribution in [0.5, 0.6) is 5.75 Å². The summed E-state index contributed by atoms with van der Waals surface area (Å²) >= 11 is 0.970. The lowest BCUT2D eigenvalue weighted by Crippen LogP contribution is -2.16. The van der Waals surface area contributed by atoms with Crippen molar-refractivity contribution in [2.24, 2.45) is 0 Å². The van der Waals surface area contributed by atoms with E-state index in [9.17, 15) is 26.4 Å². The van der Waals surface area contributed by atoms with E-state index < -0.39 is 38.3 Å². The highest BCUT2D eigenvalue weighted by Gasteiger charge is 2.32. The van der Waals surface area contributed by atoms with Gasteiger partial charge in [-0.05, 0) is 42.5 Å². The van der Waals surface area contributed by atoms with E-state index in [1.54, 1.807) is 0 Å². The minimum atomic E-state index is -4.74. The summed E-state index contributed by atoms with van der Waals surface area (Å²) in [6, 6.07) is 10.5. The standard InChI is InChI=1S/C20H13F3N2O5S2/c1-30-16-6-2-11(19(26)27)8-18(16)32(28,29)25-15-9-12(20(21,22)23)3-5-14(15)17-7-4-13(10-24)31-17/h2-9,25H,1H3,(H,26,27). The van der Waals surface area contributed by atoms with Crippen LogP contribution >= 0.6 is 11.3 Å². The Morgan fingerprint density at radius 3 is 2.44 bits per heavy atom. The second-order valence-electron chi connectivity index (χ2n) is 6.31. The van der Waals surface area contributed by atoms with Gasteiger partial charge in [0, 0.05) is 10.4 Å². The molecule has 0 aliphatic rings. The van der Waals surface area contributed by atoms with Gasteiger partial charge in [-0.1, -0.05) is 6.07 Å². The SMILES string of the molecule is COc1ccc(C(=O)O)cc1S(=O)(=O)Nc1cc(C(F)(F)F)ccc1-c1ccc(C#N)s1. The van der Waals surface area contributed by atoms with Crippen LogP contribution in [0.15, 0.2) is 53.4 Å². The van der Waals surface area contributed by atoms with Crippen molar-refractivity contribution < 1.29 is 36.2 Å². The molecular formula is C20H13F3N2O5S2. The lowest BCUT2D eigenvalue weighted by Gasteiger charge is -2.16. The fourth-order valence-corrected chi connectivity index (χ4v) is 4.89. The van der Waals surface area contributed by atoms with Crippen LogP contribution in [0.2, 0.25) is 0 Å². The molecule has 0 saturated heterocycles. The lowest BCUT2D eigenvalue weighted by atomic mass is 10.1. The molecule has 0 spiro atoms. The van der Waals surface area contributed by atoms with Crippen LogP contribution in [-0.2, 0) is 16.2 Å². The summed E-state index contributed by atoms with van der Waals surface area (Å²) in [5.41, 5.74) is -1.73. The first kappa shape index (κ1) is 23.1. The van der Waals surface area contributed by atoms with Crippen molar-refractivity contribution in [1.29, 1.82) is 5.26 Å². The van der Waals surface area contributed by atoms with Crippen molar-refractivity contribution in [3.63, 3.8) is 0 Å². The van der Waals surface area contributed by atoms with Crippen LogP contribution in [0, 0.1) is 11.3 Å². The molecule has 0 aliphatic heterocycles. The maximum atomic E-state index is 13.3. The summed E-state index contributed by atoms with van der Waals surface area (Å²) in [5, 5.41) is 18.2. The molecule has 0 aliphatic carbocycles. The zero-order valence-electron chi connectivity index (χ0n) is 16.1. The van der Waals surface area contributed by atoms with Crippen molar-refractivity contribution in [3.05, 3.63) is 64.5 Å². The third kappa shape index (κ3) is 4.68. The molecular weight excluding hydrogens is 469 g/mol. The zero-order chi connectivity index (χ0) is 23.7. The molecule has 7 nitrogen and oxygen atoms in total. The molecule has 2 aromatic carbocycles. The molecule has 0 atom stereocenters. The van der Waals surface area contributed by atoms with Crippen LogP contribution in [0.4, 0.5) is 18.9 Å². The van der Waals surface area contributed by atoms with Gasteiger partial charge in [0.15, 0.2) is 0 Å². The van der Waals surface area contributed by atoms with Crippen molar-refractivity contribution in [3.8, 4) is 22.3 Å². The number of carbonyl (C=O) groups is 1. The number of benzene rings is 2. The van der Waals surface area contributed by atoms with E-state index in [1.807, 2.05) is 6.07 Å². The van der Waals surface area contributed by atoms with E-state index in [1.165, 1.54) is 19.2 Å². The molecule has 1 heterocycles. The van der Waals surface area contributed by atoms with Crippen LogP contribution in [0.3, 0.4) is 0 Å². The van der Waals surface area contributed by atoms with E-state index in [0.717, 1.165) is 41.7 Å². The van der Waals surface area contributed by atoms with Gasteiger partial charge in [-0.15, -0.1) is 11.3 Å². The van der Waals surface area contributed by atoms with Crippen molar-refractivity contribution in [2.45, 2.75) is 11.1 Å². The number of methoxy groups -OCH3 is 1. The molecule has 3 rings (SSSR count). The molecule has 1 aromatic heterocycles. The number of anilines is 1. The normalized spacial score (nSPS) is 11.6. The first-order chi connectivity index (χ1) is 15.0. The Balaban J connectivity index is 2.17. The van der Waals surface area contributed by atoms with Gasteiger partial charge < -0.3 is 9.84 Å². The number of ether oxygens (including phenoxy) is 1. The quantitative estimate of drug-likeness (QED) is 0.521. The average molecular weight is 482 g/mol. The summed E-state index contributed by atoms with van der Waals surface area (Å²) in [4.78, 5) is 11.3. The fraction of sp³-hybridized carbons (Fsp3) is 0.100. The first-order valence-corrected chi connectivity index (χ1v) is 10.9. The van der Waals surface area contributed by atoms with Gasteiger partial charge in [-0.25, -0.2) is 13.2 Å². The predicted octanol–water partition coefficient (Wildman–Crippen LogP) is 4.81. The molecule has 166 valence electrons. The molecule has 0 amide bonds. The van der Waals surface area contributed by atoms with E-state index in [0.29, 0.717) is 10.9 Å². The van der Waals surface area contributed by atoms with Gasteiger partial charge >= 0.3 is 12.1 Å². The fourth-order valence-electron chi connectivity index (χ4n) is 2.78. The number of nitrogens with one attached hydrogen (secondary N) is 1. The monoisotopic (exact) mass is 482 g/mol. The van der Waals surface area contributed by atoms with Gasteiger partial charge in [-0.2, -0.15) is 18.4 Å². The molecule has 0 bridgehead atoms. The van der Waals surface area contributed by atoms with E-state index in [2.05, 4.69) is 4.72 Å². The third-order valence-electron chi connectivity index (χ3n) is 4.27. The van der Waals surface area contributed by atoms with Gasteiger partial charge in [0.05, 0.1) is 23.9 Å². The molecule has 0 fully saturated rings. The summed E-state index contributed by atoms with van der Waals surface area (Å²) < 4.78 is 73.0. The van der Waals surface area contributed by atoms with Gasteiger partial charge in [0.25, 0.3) is 10.0 Å². The minimum Gasteiger partial charge on any atom is -0.495 e. The smallest absolute Gasteiger partial charge is 0.416 e. The summed E-state index contributed by atoms with van der Waals surface area (Å²) in [5.74, 6) is -1.59. The number of halogens is 3. The predicted molar refractivity (Wildman–Crippen MR) is 110 cm³/mol. The lowest BCUT2D eigenvalue weighted by molar-refractivity contribution is -0.137. The van der Waals surface area contributed by atoms with Crippen LogP contribution in [-0.4, -0.2) is 26.6 Å². The van der Waals surface area contributed by atoms with Gasteiger partial charge in [0.1, 0.15) is 21.6 Å². The minimum absolute atomic E-state index is 0.112. The molecule has 0 saturated carbocycles. The number of alkyl halides is 3. The van der Waals surface area contributed by atoms with Gasteiger partial charge in [-0.3, -0.25) is 4.72 Å². The molecule has 0 unspecified atom stereocenters.